The van der Waals surface area contributed by atoms with Crippen LogP contribution in [0.25, 0.3) is 0 Å². The molecule has 144 valence electrons. The molecule has 1 atom stereocenters. The van der Waals surface area contributed by atoms with E-state index in [2.05, 4.69) is 11.8 Å². The Morgan fingerprint density at radius 1 is 0.958 bits per heavy atom. The van der Waals surface area contributed by atoms with Crippen LogP contribution in [0, 0.1) is 5.92 Å². The van der Waals surface area contributed by atoms with E-state index in [0.29, 0.717) is 6.61 Å². The van der Waals surface area contributed by atoms with Crippen molar-refractivity contribution in [3.05, 3.63) is 0 Å². The van der Waals surface area contributed by atoms with Gasteiger partial charge in [0.05, 0.1) is 12.5 Å². The molecular weight excluding hydrogens is 322 g/mol. The summed E-state index contributed by atoms with van der Waals surface area (Å²) in [4.78, 5) is 14.3. The highest BCUT2D eigenvalue weighted by molar-refractivity contribution is 5.85. The molecule has 1 saturated heterocycles. The van der Waals surface area contributed by atoms with Gasteiger partial charge in [0.1, 0.15) is 0 Å². The maximum absolute atomic E-state index is 11.8. The summed E-state index contributed by atoms with van der Waals surface area (Å²) in [6.45, 7) is 7.91. The number of piperidine rings is 1. The van der Waals surface area contributed by atoms with Gasteiger partial charge in [-0.05, 0) is 39.3 Å². The molecule has 1 heterocycles. The Bertz CT molecular complexity index is 299. The van der Waals surface area contributed by atoms with Crippen LogP contribution in [0.4, 0.5) is 0 Å². The van der Waals surface area contributed by atoms with Gasteiger partial charge in [-0.15, -0.1) is 12.4 Å². The number of halogens is 1. The number of carbonyl (C=O) groups excluding carboxylic acids is 1. The minimum Gasteiger partial charge on any atom is -0.466 e. The van der Waals surface area contributed by atoms with Crippen LogP contribution < -0.4 is 0 Å². The molecule has 1 unspecified atom stereocenters. The van der Waals surface area contributed by atoms with Crippen LogP contribution in [0.3, 0.4) is 0 Å². The first-order valence-corrected chi connectivity index (χ1v) is 10.2. The van der Waals surface area contributed by atoms with E-state index in [1.54, 1.807) is 0 Å². The van der Waals surface area contributed by atoms with E-state index in [4.69, 9.17) is 4.74 Å². The predicted octanol–water partition coefficient (Wildman–Crippen LogP) is 5.60. The molecule has 0 bridgehead atoms. The number of hydrogen-bond donors (Lipinski definition) is 0. The Balaban J connectivity index is 0.00000529. The number of ether oxygens (including phenoxy) is 1. The second kappa shape index (κ2) is 16.2. The van der Waals surface area contributed by atoms with Crippen molar-refractivity contribution < 1.29 is 9.53 Å². The molecular formula is C20H40ClNO2. The molecule has 4 heteroatoms. The van der Waals surface area contributed by atoms with Crippen molar-refractivity contribution in [1.82, 2.24) is 4.90 Å². The zero-order valence-electron chi connectivity index (χ0n) is 16.1. The van der Waals surface area contributed by atoms with Crippen molar-refractivity contribution in [3.63, 3.8) is 0 Å². The Labute approximate surface area is 156 Å². The molecule has 0 amide bonds. The number of hydrogen-bond acceptors (Lipinski definition) is 3. The van der Waals surface area contributed by atoms with Gasteiger partial charge in [-0.1, -0.05) is 64.7 Å². The first-order chi connectivity index (χ1) is 11.3. The Hall–Kier alpha value is -0.280. The third-order valence-electron chi connectivity index (χ3n) is 4.95. The second-order valence-corrected chi connectivity index (χ2v) is 7.07. The lowest BCUT2D eigenvalue weighted by Gasteiger charge is -2.31. The maximum Gasteiger partial charge on any atom is 0.310 e. The molecule has 3 nitrogen and oxygen atoms in total. The highest BCUT2D eigenvalue weighted by Gasteiger charge is 2.26. The molecule has 0 aromatic carbocycles. The minimum absolute atomic E-state index is 0. The zero-order valence-corrected chi connectivity index (χ0v) is 16.9. The molecule has 1 aliphatic rings. The largest absolute Gasteiger partial charge is 0.466 e. The topological polar surface area (TPSA) is 29.5 Å². The normalized spacial score (nSPS) is 18.2. The van der Waals surface area contributed by atoms with Crippen molar-refractivity contribution >= 4 is 18.4 Å². The Kier molecular flexibility index (Phi) is 16.0. The minimum atomic E-state index is 0. The Morgan fingerprint density at radius 3 is 2.12 bits per heavy atom. The lowest BCUT2D eigenvalue weighted by molar-refractivity contribution is -0.149. The third-order valence-corrected chi connectivity index (χ3v) is 4.95. The highest BCUT2D eigenvalue weighted by atomic mass is 35.5. The number of likely N-dealkylation sites (tertiary alicyclic amines) is 1. The molecule has 1 fully saturated rings. The van der Waals surface area contributed by atoms with Crippen LogP contribution in [0.5, 0.6) is 0 Å². The first kappa shape index (κ1) is 23.7. The summed E-state index contributed by atoms with van der Waals surface area (Å²) in [6, 6.07) is 0. The summed E-state index contributed by atoms with van der Waals surface area (Å²) in [7, 11) is 0. The smallest absolute Gasteiger partial charge is 0.310 e. The summed E-state index contributed by atoms with van der Waals surface area (Å²) in [5.74, 6) is 0.132. The van der Waals surface area contributed by atoms with Gasteiger partial charge < -0.3 is 9.64 Å². The van der Waals surface area contributed by atoms with Gasteiger partial charge in [0.2, 0.25) is 0 Å². The third kappa shape index (κ3) is 11.3. The first-order valence-electron chi connectivity index (χ1n) is 10.2. The highest BCUT2D eigenvalue weighted by Crippen LogP contribution is 2.19. The average molecular weight is 362 g/mol. The van der Waals surface area contributed by atoms with Crippen LogP contribution >= 0.6 is 12.4 Å². The molecule has 0 radical (unpaired) electrons. The summed E-state index contributed by atoms with van der Waals surface area (Å²) in [5.41, 5.74) is 0. The van der Waals surface area contributed by atoms with E-state index >= 15 is 0 Å². The van der Waals surface area contributed by atoms with Crippen LogP contribution in [-0.2, 0) is 9.53 Å². The van der Waals surface area contributed by atoms with E-state index in [0.717, 1.165) is 32.5 Å². The second-order valence-electron chi connectivity index (χ2n) is 7.07. The molecule has 0 saturated carbocycles. The van der Waals surface area contributed by atoms with Gasteiger partial charge in [0.15, 0.2) is 0 Å². The van der Waals surface area contributed by atoms with Crippen molar-refractivity contribution in [2.24, 2.45) is 5.92 Å². The van der Waals surface area contributed by atoms with Gasteiger partial charge in [-0.2, -0.15) is 0 Å². The number of unbranched alkanes of at least 4 members (excludes halogenated alkanes) is 9. The summed E-state index contributed by atoms with van der Waals surface area (Å²) < 4.78 is 5.17. The van der Waals surface area contributed by atoms with Crippen molar-refractivity contribution in [2.45, 2.75) is 90.9 Å². The molecule has 0 aliphatic carbocycles. The fraction of sp³-hybridized carbons (Fsp3) is 0.950. The lowest BCUT2D eigenvalue weighted by atomic mass is 9.98. The van der Waals surface area contributed by atoms with Crippen LogP contribution in [0.1, 0.15) is 90.9 Å². The SMILES string of the molecule is CCCCCCCCCCCCN1CCCC(C(=O)OCC)C1.Cl. The fourth-order valence-electron chi connectivity index (χ4n) is 3.53. The van der Waals surface area contributed by atoms with E-state index < -0.39 is 0 Å². The van der Waals surface area contributed by atoms with E-state index in [9.17, 15) is 4.79 Å². The Morgan fingerprint density at radius 2 is 1.54 bits per heavy atom. The van der Waals surface area contributed by atoms with Crippen LogP contribution in [0.15, 0.2) is 0 Å². The van der Waals surface area contributed by atoms with Crippen molar-refractivity contribution in [2.75, 3.05) is 26.2 Å². The number of nitrogens with zero attached hydrogens (tertiary/aromatic N) is 1. The zero-order chi connectivity index (χ0) is 16.8. The molecule has 1 aliphatic heterocycles. The molecule has 0 spiro atoms. The predicted molar refractivity (Wildman–Crippen MR) is 105 cm³/mol. The van der Waals surface area contributed by atoms with Crippen molar-refractivity contribution in [1.29, 1.82) is 0 Å². The fourth-order valence-corrected chi connectivity index (χ4v) is 3.53. The van der Waals surface area contributed by atoms with Gasteiger partial charge in [0, 0.05) is 6.54 Å². The summed E-state index contributed by atoms with van der Waals surface area (Å²) in [6.07, 6.45) is 16.0. The molecule has 0 aromatic rings. The monoisotopic (exact) mass is 361 g/mol. The van der Waals surface area contributed by atoms with E-state index in [1.807, 2.05) is 6.92 Å². The number of rotatable bonds is 13. The number of carbonyl (C=O) groups is 1. The van der Waals surface area contributed by atoms with Gasteiger partial charge in [0.25, 0.3) is 0 Å². The van der Waals surface area contributed by atoms with Crippen LogP contribution in [-0.4, -0.2) is 37.1 Å². The van der Waals surface area contributed by atoms with Crippen LogP contribution in [0.2, 0.25) is 0 Å². The van der Waals surface area contributed by atoms with Gasteiger partial charge in [-0.3, -0.25) is 4.79 Å². The number of esters is 1. The van der Waals surface area contributed by atoms with E-state index in [1.165, 1.54) is 64.2 Å². The summed E-state index contributed by atoms with van der Waals surface area (Å²) >= 11 is 0. The van der Waals surface area contributed by atoms with Gasteiger partial charge in [-0.25, -0.2) is 0 Å². The standard InChI is InChI=1S/C20H39NO2.ClH/c1-3-5-6-7-8-9-10-11-12-13-16-21-17-14-15-19(18-21)20(22)23-4-2;/h19H,3-18H2,1-2H3;1H. The molecule has 24 heavy (non-hydrogen) atoms. The molecule has 0 N–H and O–H groups in total. The lowest BCUT2D eigenvalue weighted by Crippen LogP contribution is -2.39. The average Bonchev–Trinajstić information content (AvgIpc) is 2.57. The molecule has 1 rings (SSSR count). The van der Waals surface area contributed by atoms with Crippen molar-refractivity contribution in [3.8, 4) is 0 Å². The van der Waals surface area contributed by atoms with E-state index in [-0.39, 0.29) is 24.3 Å². The molecule has 0 aromatic heterocycles. The quantitative estimate of drug-likeness (QED) is 0.315. The maximum atomic E-state index is 11.8. The van der Waals surface area contributed by atoms with Gasteiger partial charge >= 0.3 is 5.97 Å². The summed E-state index contributed by atoms with van der Waals surface area (Å²) in [5, 5.41) is 0.